The zero-order chi connectivity index (χ0) is 8.27. The fraction of sp³-hybridized carbons (Fsp3) is 0.125. The molecule has 0 atom stereocenters. The monoisotopic (exact) mass is 163 g/mol. The second-order valence-electron chi connectivity index (χ2n) is 2.07. The van der Waals surface area contributed by atoms with Gasteiger partial charge < -0.3 is 14.8 Å². The standard InChI is InChI=1S/C8H8NO2.2Li/c1-9(8(10)11)7-5-3-2-4-6-7;;/h2-5H,1H3,(H,10,11);;/q-1;2*+1/p-1. The van der Waals surface area contributed by atoms with Gasteiger partial charge in [-0.05, 0) is 0 Å². The van der Waals surface area contributed by atoms with E-state index in [-0.39, 0.29) is 37.7 Å². The fourth-order valence-corrected chi connectivity index (χ4v) is 0.691. The minimum Gasteiger partial charge on any atom is -0.530 e. The van der Waals surface area contributed by atoms with E-state index in [9.17, 15) is 9.90 Å². The van der Waals surface area contributed by atoms with Gasteiger partial charge in [0.05, 0.1) is 0 Å². The van der Waals surface area contributed by atoms with E-state index >= 15 is 0 Å². The van der Waals surface area contributed by atoms with Crippen LogP contribution in [0.1, 0.15) is 0 Å². The van der Waals surface area contributed by atoms with Gasteiger partial charge in [0.2, 0.25) is 0 Å². The summed E-state index contributed by atoms with van der Waals surface area (Å²) in [6.45, 7) is 0. The van der Waals surface area contributed by atoms with Gasteiger partial charge >= 0.3 is 37.7 Å². The van der Waals surface area contributed by atoms with Gasteiger partial charge in [0.15, 0.2) is 0 Å². The van der Waals surface area contributed by atoms with Crippen LogP contribution in [0.2, 0.25) is 0 Å². The van der Waals surface area contributed by atoms with Crippen LogP contribution in [0, 0.1) is 6.07 Å². The van der Waals surface area contributed by atoms with E-state index in [2.05, 4.69) is 6.07 Å². The van der Waals surface area contributed by atoms with Crippen molar-refractivity contribution in [1.29, 1.82) is 0 Å². The third kappa shape index (κ3) is 4.45. The van der Waals surface area contributed by atoms with E-state index in [4.69, 9.17) is 0 Å². The summed E-state index contributed by atoms with van der Waals surface area (Å²) >= 11 is 0. The third-order valence-corrected chi connectivity index (χ3v) is 1.33. The van der Waals surface area contributed by atoms with E-state index in [1.807, 2.05) is 0 Å². The molecule has 0 N–H and O–H groups in total. The second-order valence-corrected chi connectivity index (χ2v) is 2.07. The van der Waals surface area contributed by atoms with Crippen molar-refractivity contribution < 1.29 is 47.6 Å². The SMILES string of the molecule is CN(C(=O)[O-])c1[c-]cccc1.[Li+].[Li+]. The van der Waals surface area contributed by atoms with Crippen molar-refractivity contribution in [3.63, 3.8) is 0 Å². The molecule has 0 spiro atoms. The van der Waals surface area contributed by atoms with Gasteiger partial charge in [-0.2, -0.15) is 24.3 Å². The predicted molar refractivity (Wildman–Crippen MR) is 39.1 cm³/mol. The third-order valence-electron chi connectivity index (χ3n) is 1.33. The number of carboxylic acid groups (broad SMARTS) is 1. The molecule has 13 heavy (non-hydrogen) atoms. The maximum atomic E-state index is 10.3. The smallest absolute Gasteiger partial charge is 0.530 e. The quantitative estimate of drug-likeness (QED) is 0.306. The maximum absolute atomic E-state index is 10.3. The van der Waals surface area contributed by atoms with Crippen LogP contribution in [0.5, 0.6) is 0 Å². The van der Waals surface area contributed by atoms with Gasteiger partial charge in [-0.1, -0.05) is 5.69 Å². The van der Waals surface area contributed by atoms with Crippen LogP contribution in [0.15, 0.2) is 24.3 Å². The van der Waals surface area contributed by atoms with E-state index in [1.165, 1.54) is 7.05 Å². The molecule has 3 nitrogen and oxygen atoms in total. The maximum Gasteiger partial charge on any atom is 1.00 e. The zero-order valence-electron chi connectivity index (χ0n) is 8.07. The molecule has 1 aromatic carbocycles. The summed E-state index contributed by atoms with van der Waals surface area (Å²) in [4.78, 5) is 11.3. The van der Waals surface area contributed by atoms with Crippen LogP contribution in [0.4, 0.5) is 10.5 Å². The van der Waals surface area contributed by atoms with Crippen molar-refractivity contribution in [3.8, 4) is 0 Å². The molecule has 0 heterocycles. The summed E-state index contributed by atoms with van der Waals surface area (Å²) in [5.74, 6) is 0. The number of benzene rings is 1. The Morgan fingerprint density at radius 3 is 2.46 bits per heavy atom. The van der Waals surface area contributed by atoms with Gasteiger partial charge in [0.1, 0.15) is 6.09 Å². The number of carbonyl (C=O) groups excluding carboxylic acids is 1. The first kappa shape index (κ1) is 15.2. The minimum absolute atomic E-state index is 0. The van der Waals surface area contributed by atoms with E-state index in [0.29, 0.717) is 5.69 Å². The molecule has 0 aromatic heterocycles. The molecule has 1 aromatic rings. The van der Waals surface area contributed by atoms with Gasteiger partial charge in [-0.15, -0.1) is 6.07 Å². The van der Waals surface area contributed by atoms with Crippen molar-refractivity contribution in [2.24, 2.45) is 0 Å². The van der Waals surface area contributed by atoms with Crippen LogP contribution in [0.3, 0.4) is 0 Å². The number of nitrogens with zero attached hydrogens (tertiary/aromatic N) is 1. The summed E-state index contributed by atoms with van der Waals surface area (Å²) in [7, 11) is 1.42. The molecule has 0 bridgehead atoms. The van der Waals surface area contributed by atoms with Crippen LogP contribution in [-0.2, 0) is 0 Å². The molecule has 1 amide bonds. The van der Waals surface area contributed by atoms with Crippen molar-refractivity contribution >= 4 is 11.8 Å². The Morgan fingerprint density at radius 2 is 2.08 bits per heavy atom. The molecular weight excluding hydrogens is 156 g/mol. The van der Waals surface area contributed by atoms with E-state index in [1.54, 1.807) is 24.3 Å². The number of hydrogen-bond donors (Lipinski definition) is 0. The number of hydrogen-bond acceptors (Lipinski definition) is 2. The largest absolute Gasteiger partial charge is 1.00 e. The molecule has 0 fully saturated rings. The molecule has 0 unspecified atom stereocenters. The van der Waals surface area contributed by atoms with Crippen LogP contribution in [0.25, 0.3) is 0 Å². The average molecular weight is 163 g/mol. The first-order valence-corrected chi connectivity index (χ1v) is 3.13. The molecular formula is C8H7Li2NO2. The Hall–Kier alpha value is -0.315. The first-order valence-electron chi connectivity index (χ1n) is 3.13. The van der Waals surface area contributed by atoms with Crippen molar-refractivity contribution in [2.75, 3.05) is 11.9 Å². The number of carbonyl (C=O) groups is 1. The molecule has 0 saturated carbocycles. The number of amides is 1. The normalized spacial score (nSPS) is 7.77. The predicted octanol–water partition coefficient (Wildman–Crippen LogP) is -5.73. The Kier molecular flexibility index (Phi) is 8.31. The van der Waals surface area contributed by atoms with Gasteiger partial charge in [0, 0.05) is 7.05 Å². The summed E-state index contributed by atoms with van der Waals surface area (Å²) in [6.07, 6.45) is -1.23. The summed E-state index contributed by atoms with van der Waals surface area (Å²) in [5, 5.41) is 10.3. The Bertz CT molecular complexity index is 254. The number of para-hydroxylation sites is 1. The van der Waals surface area contributed by atoms with E-state index in [0.717, 1.165) is 4.90 Å². The molecule has 1 rings (SSSR count). The summed E-state index contributed by atoms with van der Waals surface area (Å²) in [6, 6.07) is 9.56. The van der Waals surface area contributed by atoms with Crippen molar-refractivity contribution in [2.45, 2.75) is 0 Å². The topological polar surface area (TPSA) is 43.4 Å². The molecule has 58 valence electrons. The average Bonchev–Trinajstić information content (AvgIpc) is 2.05. The molecule has 0 saturated heterocycles. The van der Waals surface area contributed by atoms with Crippen LogP contribution in [-0.4, -0.2) is 13.1 Å². The second kappa shape index (κ2) is 7.12. The van der Waals surface area contributed by atoms with Crippen LogP contribution >= 0.6 is 0 Å². The van der Waals surface area contributed by atoms with Crippen molar-refractivity contribution in [3.05, 3.63) is 30.3 Å². The molecule has 0 radical (unpaired) electrons. The summed E-state index contributed by atoms with van der Waals surface area (Å²) < 4.78 is 0. The minimum atomic E-state index is -1.23. The molecule has 0 aliphatic carbocycles. The fourth-order valence-electron chi connectivity index (χ4n) is 0.691. The Morgan fingerprint density at radius 1 is 1.46 bits per heavy atom. The Labute approximate surface area is 101 Å². The zero-order valence-corrected chi connectivity index (χ0v) is 8.07. The number of anilines is 1. The van der Waals surface area contributed by atoms with Gasteiger partial charge in [-0.25, -0.2) is 0 Å². The molecule has 0 aliphatic heterocycles. The van der Waals surface area contributed by atoms with E-state index < -0.39 is 6.09 Å². The first-order chi connectivity index (χ1) is 5.22. The van der Waals surface area contributed by atoms with Crippen LogP contribution < -0.4 is 47.7 Å². The Balaban J connectivity index is 0. The van der Waals surface area contributed by atoms with Gasteiger partial charge in [-0.3, -0.25) is 0 Å². The summed E-state index contributed by atoms with van der Waals surface area (Å²) in [5.41, 5.74) is 0.493. The number of rotatable bonds is 1. The molecule has 5 heteroatoms. The molecule has 0 aliphatic rings. The van der Waals surface area contributed by atoms with Gasteiger partial charge in [0.25, 0.3) is 0 Å². The van der Waals surface area contributed by atoms with Crippen molar-refractivity contribution in [1.82, 2.24) is 0 Å².